The number of esters is 1. The van der Waals surface area contributed by atoms with Gasteiger partial charge in [0, 0.05) is 6.42 Å². The molecule has 2 N–H and O–H groups in total. The number of ether oxygens (including phenoxy) is 1. The summed E-state index contributed by atoms with van der Waals surface area (Å²) in [6.07, 6.45) is 13.1. The van der Waals surface area contributed by atoms with E-state index in [4.69, 9.17) is 19.7 Å². The molecule has 0 saturated heterocycles. The fourth-order valence-electron chi connectivity index (χ4n) is 2.50. The minimum Gasteiger partial charge on any atom is -0.462 e. The summed E-state index contributed by atoms with van der Waals surface area (Å²) in [5.74, 6) is 0.0236. The number of carbonyl (C=O) groups is 2. The maximum absolute atomic E-state index is 11.8. The summed E-state index contributed by atoms with van der Waals surface area (Å²) < 4.78 is 5.64. The average molecular weight is 347 g/mol. The van der Waals surface area contributed by atoms with E-state index in [1.54, 1.807) is 0 Å². The number of rotatable bonds is 14. The van der Waals surface area contributed by atoms with Gasteiger partial charge in [-0.05, 0) is 25.7 Å². The monoisotopic (exact) mass is 346 g/mol. The summed E-state index contributed by atoms with van der Waals surface area (Å²) in [5, 5.41) is 13.9. The summed E-state index contributed by atoms with van der Waals surface area (Å²) in [7, 11) is 0. The fraction of sp³-hybridized carbons (Fsp3) is 0.895. The van der Waals surface area contributed by atoms with Crippen LogP contribution in [0.5, 0.6) is 0 Å². The standard InChI is InChI=1S/C18H36O2.CH2O3/c1-4-7-9-11-13-16-18(19)20-17(14-6-3)15-12-10-8-5-2;2-1(3)4/h17H,4-16H2,1-3H3;(H2,2,3,4). The van der Waals surface area contributed by atoms with E-state index in [9.17, 15) is 4.79 Å². The number of carbonyl (C=O) groups excluding carboxylic acids is 1. The van der Waals surface area contributed by atoms with Crippen LogP contribution >= 0.6 is 0 Å². The van der Waals surface area contributed by atoms with Crippen LogP contribution in [0.4, 0.5) is 4.79 Å². The van der Waals surface area contributed by atoms with E-state index in [-0.39, 0.29) is 12.1 Å². The van der Waals surface area contributed by atoms with Gasteiger partial charge in [0.1, 0.15) is 6.10 Å². The zero-order valence-electron chi connectivity index (χ0n) is 15.9. The molecule has 0 bridgehead atoms. The third-order valence-corrected chi connectivity index (χ3v) is 3.77. The van der Waals surface area contributed by atoms with Crippen LogP contribution in [-0.4, -0.2) is 28.4 Å². The minimum atomic E-state index is -1.83. The van der Waals surface area contributed by atoms with Crippen LogP contribution in [0.15, 0.2) is 0 Å². The van der Waals surface area contributed by atoms with Gasteiger partial charge in [-0.2, -0.15) is 0 Å². The quantitative estimate of drug-likeness (QED) is 0.287. The first-order valence-electron chi connectivity index (χ1n) is 9.59. The Bertz CT molecular complexity index is 287. The van der Waals surface area contributed by atoms with E-state index >= 15 is 0 Å². The zero-order valence-corrected chi connectivity index (χ0v) is 15.9. The Hall–Kier alpha value is -1.26. The first-order valence-corrected chi connectivity index (χ1v) is 9.59. The van der Waals surface area contributed by atoms with E-state index in [0.717, 1.165) is 32.1 Å². The Balaban J connectivity index is 0. The highest BCUT2D eigenvalue weighted by molar-refractivity contribution is 5.69. The van der Waals surface area contributed by atoms with E-state index in [0.29, 0.717) is 6.42 Å². The molecular formula is C19H38O5. The number of carboxylic acid groups (broad SMARTS) is 2. The highest BCUT2D eigenvalue weighted by atomic mass is 16.6. The van der Waals surface area contributed by atoms with Gasteiger partial charge in [0.2, 0.25) is 0 Å². The molecule has 5 nitrogen and oxygen atoms in total. The van der Waals surface area contributed by atoms with Crippen LogP contribution in [0.1, 0.15) is 104 Å². The molecule has 144 valence electrons. The molecule has 0 aliphatic rings. The second-order valence-corrected chi connectivity index (χ2v) is 6.20. The van der Waals surface area contributed by atoms with Crippen LogP contribution in [-0.2, 0) is 9.53 Å². The Labute approximate surface area is 147 Å². The largest absolute Gasteiger partial charge is 0.503 e. The lowest BCUT2D eigenvalue weighted by Gasteiger charge is -2.17. The molecule has 1 unspecified atom stereocenters. The van der Waals surface area contributed by atoms with Gasteiger partial charge in [-0.3, -0.25) is 4.79 Å². The second kappa shape index (κ2) is 19.8. The van der Waals surface area contributed by atoms with Crippen LogP contribution < -0.4 is 0 Å². The van der Waals surface area contributed by atoms with Gasteiger partial charge in [-0.15, -0.1) is 0 Å². The predicted molar refractivity (Wildman–Crippen MR) is 97.6 cm³/mol. The van der Waals surface area contributed by atoms with Gasteiger partial charge in [-0.25, -0.2) is 4.79 Å². The van der Waals surface area contributed by atoms with Crippen molar-refractivity contribution in [3.05, 3.63) is 0 Å². The van der Waals surface area contributed by atoms with Gasteiger partial charge >= 0.3 is 12.1 Å². The molecule has 0 aromatic carbocycles. The topological polar surface area (TPSA) is 83.8 Å². The summed E-state index contributed by atoms with van der Waals surface area (Å²) in [6.45, 7) is 6.60. The lowest BCUT2D eigenvalue weighted by Crippen LogP contribution is -2.18. The van der Waals surface area contributed by atoms with Crippen LogP contribution in [0, 0.1) is 0 Å². The average Bonchev–Trinajstić information content (AvgIpc) is 2.51. The molecule has 0 heterocycles. The van der Waals surface area contributed by atoms with Gasteiger partial charge in [0.25, 0.3) is 0 Å². The number of unbranched alkanes of at least 4 members (excludes halogenated alkanes) is 7. The maximum Gasteiger partial charge on any atom is 0.503 e. The lowest BCUT2D eigenvalue weighted by molar-refractivity contribution is -0.150. The van der Waals surface area contributed by atoms with Crippen LogP contribution in [0.25, 0.3) is 0 Å². The lowest BCUT2D eigenvalue weighted by atomic mass is 10.1. The van der Waals surface area contributed by atoms with E-state index < -0.39 is 6.16 Å². The highest BCUT2D eigenvalue weighted by Gasteiger charge is 2.13. The SMILES string of the molecule is CCCCCCCC(=O)OC(CCC)CCCCCC.O=C(O)O. The molecule has 24 heavy (non-hydrogen) atoms. The molecule has 0 spiro atoms. The van der Waals surface area contributed by atoms with E-state index in [1.807, 2.05) is 0 Å². The molecule has 0 fully saturated rings. The number of hydrogen-bond acceptors (Lipinski definition) is 3. The summed E-state index contributed by atoms with van der Waals surface area (Å²) in [5.41, 5.74) is 0. The fourth-order valence-corrected chi connectivity index (χ4v) is 2.50. The maximum atomic E-state index is 11.8. The van der Waals surface area contributed by atoms with E-state index in [1.165, 1.54) is 44.9 Å². The van der Waals surface area contributed by atoms with Gasteiger partial charge in [-0.1, -0.05) is 72.1 Å². The molecular weight excluding hydrogens is 308 g/mol. The molecule has 0 aliphatic carbocycles. The van der Waals surface area contributed by atoms with Crippen molar-refractivity contribution < 1.29 is 24.5 Å². The third kappa shape index (κ3) is 23.0. The van der Waals surface area contributed by atoms with Crippen molar-refractivity contribution in [3.8, 4) is 0 Å². The molecule has 0 aliphatic heterocycles. The van der Waals surface area contributed by atoms with Crippen molar-refractivity contribution in [3.63, 3.8) is 0 Å². The Kier molecular flexibility index (Phi) is 20.6. The normalized spacial score (nSPS) is 11.3. The van der Waals surface area contributed by atoms with Crippen molar-refractivity contribution in [2.45, 2.75) is 110 Å². The predicted octanol–water partition coefficient (Wildman–Crippen LogP) is 6.25. The molecule has 0 aromatic heterocycles. The molecule has 5 heteroatoms. The molecule has 0 saturated carbocycles. The molecule has 0 rings (SSSR count). The smallest absolute Gasteiger partial charge is 0.462 e. The molecule has 0 aromatic rings. The van der Waals surface area contributed by atoms with Crippen molar-refractivity contribution in [1.29, 1.82) is 0 Å². The summed E-state index contributed by atoms with van der Waals surface area (Å²) >= 11 is 0. The van der Waals surface area contributed by atoms with Crippen molar-refractivity contribution >= 4 is 12.1 Å². The van der Waals surface area contributed by atoms with Crippen molar-refractivity contribution in [2.24, 2.45) is 0 Å². The number of hydrogen-bond donors (Lipinski definition) is 2. The Morgan fingerprint density at radius 1 is 0.750 bits per heavy atom. The molecule has 1 atom stereocenters. The highest BCUT2D eigenvalue weighted by Crippen LogP contribution is 2.15. The first-order chi connectivity index (χ1) is 11.5. The Morgan fingerprint density at radius 3 is 1.75 bits per heavy atom. The van der Waals surface area contributed by atoms with Gasteiger partial charge < -0.3 is 14.9 Å². The zero-order chi connectivity index (χ0) is 18.6. The van der Waals surface area contributed by atoms with Gasteiger partial charge in [0.15, 0.2) is 0 Å². The molecule has 0 radical (unpaired) electrons. The van der Waals surface area contributed by atoms with Gasteiger partial charge in [0.05, 0.1) is 0 Å². The third-order valence-electron chi connectivity index (χ3n) is 3.77. The van der Waals surface area contributed by atoms with Crippen LogP contribution in [0.2, 0.25) is 0 Å². The summed E-state index contributed by atoms with van der Waals surface area (Å²) in [6, 6.07) is 0. The summed E-state index contributed by atoms with van der Waals surface area (Å²) in [4.78, 5) is 20.4. The van der Waals surface area contributed by atoms with Crippen molar-refractivity contribution in [2.75, 3.05) is 0 Å². The Morgan fingerprint density at radius 2 is 1.25 bits per heavy atom. The molecule has 0 amide bonds. The van der Waals surface area contributed by atoms with Crippen molar-refractivity contribution in [1.82, 2.24) is 0 Å². The first kappa shape index (κ1) is 25.0. The minimum absolute atomic E-state index is 0.0236. The second-order valence-electron chi connectivity index (χ2n) is 6.20. The van der Waals surface area contributed by atoms with Crippen LogP contribution in [0.3, 0.4) is 0 Å². The van der Waals surface area contributed by atoms with E-state index in [2.05, 4.69) is 20.8 Å².